The summed E-state index contributed by atoms with van der Waals surface area (Å²) in [5, 5.41) is 20.4. The second-order valence-electron chi connectivity index (χ2n) is 21.8. The van der Waals surface area contributed by atoms with E-state index >= 15 is 0 Å². The van der Waals surface area contributed by atoms with Crippen molar-refractivity contribution >= 4 is 47.3 Å². The van der Waals surface area contributed by atoms with E-state index in [1.54, 1.807) is 54.8 Å². The van der Waals surface area contributed by atoms with Crippen molar-refractivity contribution in [1.82, 2.24) is 45.4 Å². The van der Waals surface area contributed by atoms with Gasteiger partial charge in [0.25, 0.3) is 0 Å². The number of carbonyl (C=O) groups excluding carboxylic acids is 8. The third kappa shape index (κ3) is 19.0. The fourth-order valence-electron chi connectivity index (χ4n) is 8.92. The molecule has 0 aliphatic carbocycles. The molecule has 0 saturated heterocycles. The molecule has 0 radical (unpaired) electrons. The molecule has 1 rings (SSSR count). The molecule has 9 atom stereocenters. The normalized spacial score (nSPS) is 15.4. The number of aromatic nitrogens is 1. The summed E-state index contributed by atoms with van der Waals surface area (Å²) in [6, 6.07) is -2.01. The Kier molecular flexibility index (Phi) is 27.8. The van der Waals surface area contributed by atoms with E-state index in [1.165, 1.54) is 61.8 Å². The number of amides is 8. The second-order valence-corrected chi connectivity index (χ2v) is 21.8. The van der Waals surface area contributed by atoms with Gasteiger partial charge in [-0.3, -0.25) is 43.3 Å². The summed E-state index contributed by atoms with van der Waals surface area (Å²) in [7, 11) is 8.94. The molecule has 410 valence electrons. The number of hydrogen-bond acceptors (Lipinski definition) is 10. The number of aryl methyl sites for hydroxylation is 1. The van der Waals surface area contributed by atoms with Gasteiger partial charge < -0.3 is 45.6 Å². The Morgan fingerprint density at radius 2 is 1.17 bits per heavy atom. The Balaban J connectivity index is 3.67. The molecule has 1 heterocycles. The molecule has 0 aromatic carbocycles. The lowest BCUT2D eigenvalue weighted by Crippen LogP contribution is -2.63. The average Bonchev–Trinajstić information content (AvgIpc) is 3.32. The van der Waals surface area contributed by atoms with Crippen molar-refractivity contribution in [3.8, 4) is 0 Å². The van der Waals surface area contributed by atoms with Crippen molar-refractivity contribution in [3.05, 3.63) is 30.1 Å². The van der Waals surface area contributed by atoms with Crippen molar-refractivity contribution < 1.29 is 43.5 Å². The highest BCUT2D eigenvalue weighted by Gasteiger charge is 2.44. The molecule has 8 amide bonds. The first-order valence-corrected chi connectivity index (χ1v) is 26.2. The molecule has 1 aromatic heterocycles. The van der Waals surface area contributed by atoms with Crippen LogP contribution in [0.4, 0.5) is 0 Å². The van der Waals surface area contributed by atoms with Crippen LogP contribution in [-0.4, -0.2) is 173 Å². The molecule has 1 aromatic rings. The first-order valence-electron chi connectivity index (χ1n) is 26.2. The molecule has 18 heteroatoms. The zero-order valence-electron chi connectivity index (χ0n) is 47.4. The number of carbonyl (C=O) groups is 8. The summed E-state index contributed by atoms with van der Waals surface area (Å²) in [6.45, 7) is 24.0. The number of hydrogen-bond donors (Lipinski definition) is 4. The minimum Gasteiger partial charge on any atom is -0.390 e. The SMILES string of the molecule is CC[C@H](NC(=O)[C@H]([C@H](O)[C@H](C)CCCc1ccccn1)N(C)C(=O)[C@H](C(C)C)N(C)C(=O)[C@H](CC(C)C)N(C)C(=O)CCC(C)C)C(=O)N(C)[C@H](C)C(=O)N(C)[C@@H](CC(C)C)C(=O)N[C@H](C(=O)NC)C(C)C. The highest BCUT2D eigenvalue weighted by Crippen LogP contribution is 2.25. The topological polar surface area (TPSA) is 222 Å². The Morgan fingerprint density at radius 3 is 1.65 bits per heavy atom. The van der Waals surface area contributed by atoms with Crippen LogP contribution in [0.25, 0.3) is 0 Å². The first kappa shape index (κ1) is 64.9. The van der Waals surface area contributed by atoms with E-state index in [4.69, 9.17) is 0 Å². The van der Waals surface area contributed by atoms with Crippen LogP contribution in [0.2, 0.25) is 0 Å². The summed E-state index contributed by atoms with van der Waals surface area (Å²) in [6.07, 6.45) is 3.58. The maximum Gasteiger partial charge on any atom is 0.246 e. The van der Waals surface area contributed by atoms with E-state index in [9.17, 15) is 43.5 Å². The summed E-state index contributed by atoms with van der Waals surface area (Å²) in [4.78, 5) is 123. The van der Waals surface area contributed by atoms with Crippen LogP contribution in [0.3, 0.4) is 0 Å². The quantitative estimate of drug-likeness (QED) is 0.0844. The van der Waals surface area contributed by atoms with Gasteiger partial charge in [-0.2, -0.15) is 0 Å². The monoisotopic (exact) mass is 1010 g/mol. The van der Waals surface area contributed by atoms with Crippen molar-refractivity contribution in [2.75, 3.05) is 42.3 Å². The molecule has 4 N–H and O–H groups in total. The smallest absolute Gasteiger partial charge is 0.246 e. The fourth-order valence-corrected chi connectivity index (χ4v) is 8.92. The van der Waals surface area contributed by atoms with E-state index in [1.807, 2.05) is 59.7 Å². The van der Waals surface area contributed by atoms with E-state index in [2.05, 4.69) is 20.9 Å². The molecule has 0 aliphatic rings. The van der Waals surface area contributed by atoms with Gasteiger partial charge in [-0.1, -0.05) is 89.2 Å². The predicted molar refractivity (Wildman–Crippen MR) is 282 cm³/mol. The Labute approximate surface area is 432 Å². The van der Waals surface area contributed by atoms with E-state index in [-0.39, 0.29) is 54.7 Å². The molecule has 0 saturated carbocycles. The number of aliphatic hydroxyl groups excluding tert-OH is 1. The maximum absolute atomic E-state index is 15.0. The van der Waals surface area contributed by atoms with Gasteiger partial charge in [0.15, 0.2) is 0 Å². The van der Waals surface area contributed by atoms with Gasteiger partial charge in [0.05, 0.1) is 6.10 Å². The van der Waals surface area contributed by atoms with Crippen LogP contribution in [0.15, 0.2) is 24.4 Å². The summed E-state index contributed by atoms with van der Waals surface area (Å²) in [5.74, 6) is -5.03. The number of nitrogens with zero attached hydrogens (tertiary/aromatic N) is 6. The number of rotatable bonds is 30. The van der Waals surface area contributed by atoms with Gasteiger partial charge in [0, 0.05) is 60.6 Å². The molecule has 72 heavy (non-hydrogen) atoms. The van der Waals surface area contributed by atoms with Crippen molar-refractivity contribution in [3.63, 3.8) is 0 Å². The molecule has 0 spiro atoms. The Bertz CT molecular complexity index is 1910. The zero-order valence-corrected chi connectivity index (χ0v) is 47.4. The van der Waals surface area contributed by atoms with E-state index in [0.717, 1.165) is 10.6 Å². The molecule has 0 aliphatic heterocycles. The van der Waals surface area contributed by atoms with Gasteiger partial charge in [-0.05, 0) is 99.5 Å². The average molecular weight is 1010 g/mol. The van der Waals surface area contributed by atoms with Gasteiger partial charge in [0.1, 0.15) is 42.3 Å². The molecular weight excluding hydrogens is 919 g/mol. The Hall–Kier alpha value is -5.13. The van der Waals surface area contributed by atoms with Crippen molar-refractivity contribution in [1.29, 1.82) is 0 Å². The molecule has 0 fully saturated rings. The lowest BCUT2D eigenvalue weighted by molar-refractivity contribution is -0.156. The minimum atomic E-state index is -1.53. The van der Waals surface area contributed by atoms with E-state index < -0.39 is 95.7 Å². The van der Waals surface area contributed by atoms with Crippen molar-refractivity contribution in [2.45, 2.75) is 190 Å². The third-order valence-electron chi connectivity index (χ3n) is 13.8. The zero-order chi connectivity index (χ0) is 55.5. The van der Waals surface area contributed by atoms with Crippen LogP contribution in [0.1, 0.15) is 141 Å². The Morgan fingerprint density at radius 1 is 0.597 bits per heavy atom. The standard InChI is InChI=1S/C54H95N9O9/c1-20-40(52(70)59(15)38(13)51(69)61(17)41(30-33(4)5)48(66)58-44(35(8)9)49(67)55-14)57-50(68)46(47(65)37(12)24-23-26-39-25-21-22-29-56-39)63(19)54(72)45(36(10)11)62(18)53(71)42(31-34(6)7)60(16)43(64)28-27-32(2)3/h21-22,25,29,32-38,40-42,44-47,65H,20,23-24,26-28,30-31H2,1-19H3,(H,55,67)(H,57,68)(H,58,66)/t37-,38-,40+,41+,42+,44+,45+,46+,47-/m1/s1. The van der Waals surface area contributed by atoms with Gasteiger partial charge in [0.2, 0.25) is 47.3 Å². The predicted octanol–water partition coefficient (Wildman–Crippen LogP) is 4.52. The minimum absolute atomic E-state index is 0.0185. The van der Waals surface area contributed by atoms with E-state index in [0.29, 0.717) is 32.1 Å². The number of aliphatic hydroxyl groups is 1. The summed E-state index contributed by atoms with van der Waals surface area (Å²) < 4.78 is 0. The van der Waals surface area contributed by atoms with Crippen LogP contribution in [-0.2, 0) is 44.8 Å². The van der Waals surface area contributed by atoms with Crippen LogP contribution in [0, 0.1) is 35.5 Å². The van der Waals surface area contributed by atoms with Crippen LogP contribution in [0.5, 0.6) is 0 Å². The lowest BCUT2D eigenvalue weighted by Gasteiger charge is -2.41. The first-order chi connectivity index (χ1) is 33.5. The maximum atomic E-state index is 15.0. The highest BCUT2D eigenvalue weighted by molar-refractivity contribution is 5.97. The number of nitrogens with one attached hydrogen (secondary N) is 3. The molecular formula is C54H95N9O9. The van der Waals surface area contributed by atoms with Crippen LogP contribution < -0.4 is 16.0 Å². The van der Waals surface area contributed by atoms with Crippen LogP contribution >= 0.6 is 0 Å². The summed E-state index contributed by atoms with van der Waals surface area (Å²) >= 11 is 0. The second kappa shape index (κ2) is 30.8. The van der Waals surface area contributed by atoms with Gasteiger partial charge >= 0.3 is 0 Å². The van der Waals surface area contributed by atoms with Gasteiger partial charge in [-0.15, -0.1) is 0 Å². The number of pyridine rings is 1. The molecule has 0 unspecified atom stereocenters. The fraction of sp³-hybridized carbons (Fsp3) is 0.759. The lowest BCUT2D eigenvalue weighted by atomic mass is 9.90. The van der Waals surface area contributed by atoms with Crippen molar-refractivity contribution in [2.24, 2.45) is 35.5 Å². The molecule has 18 nitrogen and oxygen atoms in total. The third-order valence-corrected chi connectivity index (χ3v) is 13.8. The summed E-state index contributed by atoms with van der Waals surface area (Å²) in [5.41, 5.74) is 0.864. The molecule has 0 bridgehead atoms. The van der Waals surface area contributed by atoms with Gasteiger partial charge in [-0.25, -0.2) is 0 Å². The number of likely N-dealkylation sites (N-methyl/N-ethyl adjacent to an activating group) is 6. The largest absolute Gasteiger partial charge is 0.390 e. The highest BCUT2D eigenvalue weighted by atomic mass is 16.3.